The van der Waals surface area contributed by atoms with Gasteiger partial charge in [0.25, 0.3) is 0 Å². The maximum Gasteiger partial charge on any atom is 0.344 e. The van der Waals surface area contributed by atoms with Crippen LogP contribution in [0.4, 0.5) is 0 Å². The molecular formula is C20H18O3. The summed E-state index contributed by atoms with van der Waals surface area (Å²) >= 11 is 0. The Bertz CT molecular complexity index is 816. The highest BCUT2D eigenvalue weighted by Crippen LogP contribution is 2.29. The standard InChI is InChI=1S/C20H18O3/c1-2-19(20(21)22)23-16-12-10-15(11-13-16)18-9-5-7-14-6-3-4-8-17(14)18/h3-13,19H,2H2,1H3,(H,21,22). The summed E-state index contributed by atoms with van der Waals surface area (Å²) in [5.74, 6) is -0.367. The summed E-state index contributed by atoms with van der Waals surface area (Å²) in [4.78, 5) is 11.0. The molecule has 0 heterocycles. The average molecular weight is 306 g/mol. The fourth-order valence-corrected chi connectivity index (χ4v) is 2.66. The largest absolute Gasteiger partial charge is 0.479 e. The lowest BCUT2D eigenvalue weighted by Gasteiger charge is -2.13. The van der Waals surface area contributed by atoms with E-state index in [0.717, 1.165) is 11.1 Å². The Morgan fingerprint density at radius 3 is 2.39 bits per heavy atom. The number of ether oxygens (including phenoxy) is 1. The summed E-state index contributed by atoms with van der Waals surface area (Å²) in [6, 6.07) is 22.0. The summed E-state index contributed by atoms with van der Waals surface area (Å²) in [5, 5.41) is 11.5. The second-order valence-electron chi connectivity index (χ2n) is 5.40. The van der Waals surface area contributed by atoms with Gasteiger partial charge in [-0.05, 0) is 40.5 Å². The molecule has 0 aliphatic rings. The van der Waals surface area contributed by atoms with Gasteiger partial charge < -0.3 is 9.84 Å². The normalized spacial score (nSPS) is 12.0. The van der Waals surface area contributed by atoms with E-state index in [4.69, 9.17) is 9.84 Å². The predicted molar refractivity (Wildman–Crippen MR) is 91.7 cm³/mol. The first kappa shape index (κ1) is 15.1. The molecule has 23 heavy (non-hydrogen) atoms. The molecule has 3 rings (SSSR count). The van der Waals surface area contributed by atoms with Crippen LogP contribution in [0.1, 0.15) is 13.3 Å². The number of fused-ring (bicyclic) bond motifs is 1. The van der Waals surface area contributed by atoms with E-state index in [1.165, 1.54) is 10.8 Å². The number of carboxylic acids is 1. The molecule has 1 N–H and O–H groups in total. The molecule has 3 aromatic rings. The molecule has 0 aliphatic heterocycles. The van der Waals surface area contributed by atoms with Crippen molar-refractivity contribution in [1.82, 2.24) is 0 Å². The zero-order chi connectivity index (χ0) is 16.2. The van der Waals surface area contributed by atoms with Crippen molar-refractivity contribution in [3.8, 4) is 16.9 Å². The van der Waals surface area contributed by atoms with Gasteiger partial charge in [-0.1, -0.05) is 61.5 Å². The van der Waals surface area contributed by atoms with Crippen LogP contribution in [-0.2, 0) is 4.79 Å². The maximum atomic E-state index is 11.0. The first-order chi connectivity index (χ1) is 11.2. The van der Waals surface area contributed by atoms with E-state index in [1.54, 1.807) is 6.92 Å². The summed E-state index contributed by atoms with van der Waals surface area (Å²) in [7, 11) is 0. The van der Waals surface area contributed by atoms with Crippen LogP contribution in [0.3, 0.4) is 0 Å². The molecule has 3 nitrogen and oxygen atoms in total. The zero-order valence-electron chi connectivity index (χ0n) is 12.9. The number of carbonyl (C=O) groups is 1. The maximum absolute atomic E-state index is 11.0. The molecule has 0 fully saturated rings. The Morgan fingerprint density at radius 2 is 1.70 bits per heavy atom. The number of hydrogen-bond donors (Lipinski definition) is 1. The van der Waals surface area contributed by atoms with E-state index < -0.39 is 12.1 Å². The number of carboxylic acid groups (broad SMARTS) is 1. The lowest BCUT2D eigenvalue weighted by Crippen LogP contribution is -2.25. The highest BCUT2D eigenvalue weighted by atomic mass is 16.5. The van der Waals surface area contributed by atoms with Crippen LogP contribution in [0, 0.1) is 0 Å². The van der Waals surface area contributed by atoms with E-state index in [-0.39, 0.29) is 0 Å². The van der Waals surface area contributed by atoms with Crippen molar-refractivity contribution in [2.75, 3.05) is 0 Å². The van der Waals surface area contributed by atoms with Crippen molar-refractivity contribution < 1.29 is 14.6 Å². The van der Waals surface area contributed by atoms with Crippen molar-refractivity contribution in [2.45, 2.75) is 19.4 Å². The number of hydrogen-bond acceptors (Lipinski definition) is 2. The summed E-state index contributed by atoms with van der Waals surface area (Å²) in [5.41, 5.74) is 2.23. The third kappa shape index (κ3) is 3.19. The lowest BCUT2D eigenvalue weighted by molar-refractivity contribution is -0.145. The first-order valence-electron chi connectivity index (χ1n) is 7.66. The molecule has 0 radical (unpaired) electrons. The van der Waals surface area contributed by atoms with Gasteiger partial charge in [0.15, 0.2) is 6.10 Å². The van der Waals surface area contributed by atoms with Crippen LogP contribution in [0.25, 0.3) is 21.9 Å². The molecule has 0 spiro atoms. The average Bonchev–Trinajstić information content (AvgIpc) is 2.59. The van der Waals surface area contributed by atoms with Crippen molar-refractivity contribution in [3.63, 3.8) is 0 Å². The highest BCUT2D eigenvalue weighted by Gasteiger charge is 2.16. The second-order valence-corrected chi connectivity index (χ2v) is 5.40. The zero-order valence-corrected chi connectivity index (χ0v) is 12.9. The van der Waals surface area contributed by atoms with Crippen LogP contribution in [-0.4, -0.2) is 17.2 Å². The van der Waals surface area contributed by atoms with Crippen molar-refractivity contribution in [2.24, 2.45) is 0 Å². The molecule has 0 saturated carbocycles. The van der Waals surface area contributed by atoms with Crippen molar-refractivity contribution in [1.29, 1.82) is 0 Å². The fraction of sp³-hybridized carbons (Fsp3) is 0.150. The van der Waals surface area contributed by atoms with Crippen LogP contribution < -0.4 is 4.74 Å². The third-order valence-corrected chi connectivity index (χ3v) is 3.88. The summed E-state index contributed by atoms with van der Waals surface area (Å²) < 4.78 is 5.50. The smallest absolute Gasteiger partial charge is 0.344 e. The Kier molecular flexibility index (Phi) is 4.29. The van der Waals surface area contributed by atoms with E-state index in [1.807, 2.05) is 42.5 Å². The molecule has 0 aromatic heterocycles. The molecule has 0 aliphatic carbocycles. The quantitative estimate of drug-likeness (QED) is 0.740. The highest BCUT2D eigenvalue weighted by molar-refractivity contribution is 5.96. The van der Waals surface area contributed by atoms with Gasteiger partial charge in [0, 0.05) is 0 Å². The predicted octanol–water partition coefficient (Wildman–Crippen LogP) is 4.75. The number of aliphatic carboxylic acids is 1. The van der Waals surface area contributed by atoms with E-state index in [9.17, 15) is 4.79 Å². The monoisotopic (exact) mass is 306 g/mol. The molecule has 3 heteroatoms. The van der Waals surface area contributed by atoms with Crippen LogP contribution in [0.2, 0.25) is 0 Å². The SMILES string of the molecule is CCC(Oc1ccc(-c2cccc3ccccc23)cc1)C(=O)O. The molecule has 0 saturated heterocycles. The van der Waals surface area contributed by atoms with Gasteiger partial charge >= 0.3 is 5.97 Å². The second kappa shape index (κ2) is 6.53. The topological polar surface area (TPSA) is 46.5 Å². The van der Waals surface area contributed by atoms with Crippen LogP contribution >= 0.6 is 0 Å². The Hall–Kier alpha value is -2.81. The van der Waals surface area contributed by atoms with Crippen LogP contribution in [0.5, 0.6) is 5.75 Å². The Morgan fingerprint density at radius 1 is 1.00 bits per heavy atom. The van der Waals surface area contributed by atoms with Crippen LogP contribution in [0.15, 0.2) is 66.7 Å². The van der Waals surface area contributed by atoms with E-state index in [0.29, 0.717) is 12.2 Å². The Labute approximate surface area is 135 Å². The van der Waals surface area contributed by atoms with Crippen molar-refractivity contribution >= 4 is 16.7 Å². The van der Waals surface area contributed by atoms with Gasteiger partial charge in [0.1, 0.15) is 5.75 Å². The molecule has 1 unspecified atom stereocenters. The van der Waals surface area contributed by atoms with Crippen molar-refractivity contribution in [3.05, 3.63) is 66.7 Å². The van der Waals surface area contributed by atoms with Gasteiger partial charge in [-0.25, -0.2) is 4.79 Å². The Balaban J connectivity index is 1.91. The van der Waals surface area contributed by atoms with Gasteiger partial charge in [-0.3, -0.25) is 0 Å². The lowest BCUT2D eigenvalue weighted by atomic mass is 9.98. The molecule has 0 bridgehead atoms. The first-order valence-corrected chi connectivity index (χ1v) is 7.66. The van der Waals surface area contributed by atoms with Gasteiger partial charge in [0.05, 0.1) is 0 Å². The minimum atomic E-state index is -0.939. The van der Waals surface area contributed by atoms with Gasteiger partial charge in [0.2, 0.25) is 0 Å². The fourth-order valence-electron chi connectivity index (χ4n) is 2.66. The molecule has 116 valence electrons. The summed E-state index contributed by atoms with van der Waals surface area (Å²) in [6.07, 6.45) is -0.376. The third-order valence-electron chi connectivity index (χ3n) is 3.88. The van der Waals surface area contributed by atoms with E-state index in [2.05, 4.69) is 24.3 Å². The van der Waals surface area contributed by atoms with Gasteiger partial charge in [-0.15, -0.1) is 0 Å². The number of benzene rings is 3. The molecule has 3 aromatic carbocycles. The van der Waals surface area contributed by atoms with E-state index >= 15 is 0 Å². The minimum Gasteiger partial charge on any atom is -0.479 e. The minimum absolute atomic E-state index is 0.431. The summed E-state index contributed by atoms with van der Waals surface area (Å²) in [6.45, 7) is 1.79. The van der Waals surface area contributed by atoms with Gasteiger partial charge in [-0.2, -0.15) is 0 Å². The molecule has 1 atom stereocenters. The molecule has 0 amide bonds. The molecular weight excluding hydrogens is 288 g/mol. The number of rotatable bonds is 5.